The van der Waals surface area contributed by atoms with Gasteiger partial charge >= 0.3 is 0 Å². The monoisotopic (exact) mass is 358 g/mol. The Morgan fingerprint density at radius 3 is 2.96 bits per heavy atom. The highest BCUT2D eigenvalue weighted by molar-refractivity contribution is 5.81. The van der Waals surface area contributed by atoms with Crippen LogP contribution in [0, 0.1) is 5.82 Å². The number of amides is 1. The lowest BCUT2D eigenvalue weighted by atomic mass is 9.88. The van der Waals surface area contributed by atoms with Crippen LogP contribution in [0.1, 0.15) is 30.0 Å². The molecule has 0 unspecified atom stereocenters. The Labute approximate surface area is 152 Å². The number of benzene rings is 2. The highest BCUT2D eigenvalue weighted by Gasteiger charge is 2.21. The van der Waals surface area contributed by atoms with Crippen LogP contribution in [0.4, 0.5) is 10.1 Å². The number of aliphatic hydroxyl groups is 1. The van der Waals surface area contributed by atoms with Crippen LogP contribution in [0.5, 0.6) is 5.75 Å². The van der Waals surface area contributed by atoms with Crippen molar-refractivity contribution in [2.75, 3.05) is 25.1 Å². The maximum atomic E-state index is 13.4. The molecule has 26 heavy (non-hydrogen) atoms. The molecular weight excluding hydrogens is 335 g/mol. The summed E-state index contributed by atoms with van der Waals surface area (Å²) in [4.78, 5) is 12.4. The molecule has 0 saturated heterocycles. The SMILES string of the molecule is O=C(CNc1ccc(F)cc1OCCO)N[C@@H]1CCCc2ccccc21. The van der Waals surface area contributed by atoms with Crippen LogP contribution in [-0.4, -0.2) is 30.8 Å². The molecule has 2 aromatic carbocycles. The number of fused-ring (bicyclic) bond motifs is 1. The fourth-order valence-corrected chi connectivity index (χ4v) is 3.24. The first-order valence-corrected chi connectivity index (χ1v) is 8.81. The number of ether oxygens (including phenoxy) is 1. The molecule has 6 heteroatoms. The number of aryl methyl sites for hydroxylation is 1. The zero-order valence-corrected chi connectivity index (χ0v) is 14.5. The normalized spacial score (nSPS) is 15.8. The zero-order chi connectivity index (χ0) is 18.4. The van der Waals surface area contributed by atoms with Crippen molar-refractivity contribution in [2.45, 2.75) is 25.3 Å². The predicted molar refractivity (Wildman–Crippen MR) is 97.7 cm³/mol. The van der Waals surface area contributed by atoms with Gasteiger partial charge in [0.2, 0.25) is 5.91 Å². The first kappa shape index (κ1) is 18.2. The van der Waals surface area contributed by atoms with Crippen molar-refractivity contribution < 1.29 is 19.0 Å². The predicted octanol–water partition coefficient (Wildman–Crippen LogP) is 2.80. The minimum absolute atomic E-state index is 0.0209. The van der Waals surface area contributed by atoms with Crippen LogP contribution in [0.25, 0.3) is 0 Å². The van der Waals surface area contributed by atoms with Crippen LogP contribution in [0.3, 0.4) is 0 Å². The molecule has 2 aromatic rings. The molecule has 1 aliphatic rings. The van der Waals surface area contributed by atoms with Crippen LogP contribution >= 0.6 is 0 Å². The minimum atomic E-state index is -0.438. The van der Waals surface area contributed by atoms with Crippen LogP contribution < -0.4 is 15.4 Å². The van der Waals surface area contributed by atoms with E-state index in [0.29, 0.717) is 5.69 Å². The molecule has 0 fully saturated rings. The second-order valence-corrected chi connectivity index (χ2v) is 6.28. The molecule has 0 aromatic heterocycles. The Balaban J connectivity index is 1.60. The third-order valence-electron chi connectivity index (χ3n) is 4.44. The number of rotatable bonds is 7. The molecule has 1 atom stereocenters. The Hall–Kier alpha value is -2.60. The van der Waals surface area contributed by atoms with E-state index >= 15 is 0 Å². The summed E-state index contributed by atoms with van der Waals surface area (Å²) in [5.41, 5.74) is 2.98. The highest BCUT2D eigenvalue weighted by atomic mass is 19.1. The maximum absolute atomic E-state index is 13.4. The lowest BCUT2D eigenvalue weighted by molar-refractivity contribution is -0.120. The van der Waals surface area contributed by atoms with Gasteiger partial charge in [-0.05, 0) is 42.5 Å². The van der Waals surface area contributed by atoms with Gasteiger partial charge in [-0.2, -0.15) is 0 Å². The van der Waals surface area contributed by atoms with E-state index in [1.54, 1.807) is 0 Å². The molecule has 1 aliphatic carbocycles. The molecule has 138 valence electrons. The average molecular weight is 358 g/mol. The molecule has 0 saturated carbocycles. The maximum Gasteiger partial charge on any atom is 0.239 e. The number of aliphatic hydroxyl groups excluding tert-OH is 1. The second-order valence-electron chi connectivity index (χ2n) is 6.28. The Kier molecular flexibility index (Phi) is 6.07. The van der Waals surface area contributed by atoms with Gasteiger partial charge in [-0.15, -0.1) is 0 Å². The average Bonchev–Trinajstić information content (AvgIpc) is 2.66. The van der Waals surface area contributed by atoms with Gasteiger partial charge in [0.15, 0.2) is 0 Å². The summed E-state index contributed by atoms with van der Waals surface area (Å²) in [5.74, 6) is -0.300. The quantitative estimate of drug-likeness (QED) is 0.712. The number of halogens is 1. The van der Waals surface area contributed by atoms with Crippen molar-refractivity contribution >= 4 is 11.6 Å². The van der Waals surface area contributed by atoms with E-state index in [9.17, 15) is 9.18 Å². The summed E-state index contributed by atoms with van der Waals surface area (Å²) >= 11 is 0. The number of carbonyl (C=O) groups is 1. The Morgan fingerprint density at radius 2 is 2.12 bits per heavy atom. The lowest BCUT2D eigenvalue weighted by Gasteiger charge is -2.26. The Bertz CT molecular complexity index is 766. The molecular formula is C20H23FN2O3. The summed E-state index contributed by atoms with van der Waals surface area (Å²) in [5, 5.41) is 14.9. The molecule has 1 amide bonds. The summed E-state index contributed by atoms with van der Waals surface area (Å²) in [6.07, 6.45) is 3.01. The van der Waals surface area contributed by atoms with Crippen molar-refractivity contribution in [3.05, 3.63) is 59.4 Å². The largest absolute Gasteiger partial charge is 0.489 e. The summed E-state index contributed by atoms with van der Waals surface area (Å²) in [6.45, 7) is -0.0551. The fourth-order valence-electron chi connectivity index (χ4n) is 3.24. The number of carbonyl (C=O) groups excluding carboxylic acids is 1. The van der Waals surface area contributed by atoms with E-state index in [-0.39, 0.29) is 37.5 Å². The third kappa shape index (κ3) is 4.52. The molecule has 3 N–H and O–H groups in total. The minimum Gasteiger partial charge on any atom is -0.489 e. The summed E-state index contributed by atoms with van der Waals surface area (Å²) in [7, 11) is 0. The van der Waals surface area contributed by atoms with Crippen molar-refractivity contribution in [2.24, 2.45) is 0 Å². The Morgan fingerprint density at radius 1 is 1.27 bits per heavy atom. The van der Waals surface area contributed by atoms with Gasteiger partial charge in [0.1, 0.15) is 18.2 Å². The van der Waals surface area contributed by atoms with Crippen LogP contribution in [0.15, 0.2) is 42.5 Å². The number of nitrogens with one attached hydrogen (secondary N) is 2. The number of hydrogen-bond donors (Lipinski definition) is 3. The molecule has 0 spiro atoms. The van der Waals surface area contributed by atoms with Crippen molar-refractivity contribution in [3.63, 3.8) is 0 Å². The van der Waals surface area contributed by atoms with E-state index in [4.69, 9.17) is 9.84 Å². The van der Waals surface area contributed by atoms with Crippen molar-refractivity contribution in [3.8, 4) is 5.75 Å². The molecule has 0 aliphatic heterocycles. The van der Waals surface area contributed by atoms with E-state index in [0.717, 1.165) is 19.3 Å². The number of hydrogen-bond acceptors (Lipinski definition) is 4. The van der Waals surface area contributed by atoms with Gasteiger partial charge in [-0.25, -0.2) is 4.39 Å². The molecule has 0 heterocycles. The standard InChI is InChI=1S/C20H23FN2O3/c21-15-8-9-18(19(12-15)26-11-10-24)22-13-20(25)23-17-7-3-5-14-4-1-2-6-16(14)17/h1-2,4,6,8-9,12,17,22,24H,3,5,7,10-11,13H2,(H,23,25)/t17-/m1/s1. The zero-order valence-electron chi connectivity index (χ0n) is 14.5. The van der Waals surface area contributed by atoms with E-state index < -0.39 is 5.82 Å². The molecule has 5 nitrogen and oxygen atoms in total. The smallest absolute Gasteiger partial charge is 0.239 e. The van der Waals surface area contributed by atoms with E-state index in [1.807, 2.05) is 12.1 Å². The first-order valence-electron chi connectivity index (χ1n) is 8.81. The molecule has 3 rings (SSSR count). The lowest BCUT2D eigenvalue weighted by Crippen LogP contribution is -2.35. The van der Waals surface area contributed by atoms with Crippen molar-refractivity contribution in [1.82, 2.24) is 5.32 Å². The molecule has 0 bridgehead atoms. The summed E-state index contributed by atoms with van der Waals surface area (Å²) in [6, 6.07) is 12.2. The second kappa shape index (κ2) is 8.67. The fraction of sp³-hybridized carbons (Fsp3) is 0.350. The molecule has 0 radical (unpaired) electrons. The van der Waals surface area contributed by atoms with E-state index in [2.05, 4.69) is 22.8 Å². The van der Waals surface area contributed by atoms with Gasteiger partial charge < -0.3 is 20.5 Å². The topological polar surface area (TPSA) is 70.6 Å². The third-order valence-corrected chi connectivity index (χ3v) is 4.44. The van der Waals surface area contributed by atoms with Gasteiger partial charge in [0, 0.05) is 6.07 Å². The van der Waals surface area contributed by atoms with Gasteiger partial charge in [0.05, 0.1) is 24.9 Å². The number of anilines is 1. The van der Waals surface area contributed by atoms with Crippen molar-refractivity contribution in [1.29, 1.82) is 0 Å². The van der Waals surface area contributed by atoms with Gasteiger partial charge in [-0.1, -0.05) is 24.3 Å². The van der Waals surface area contributed by atoms with Gasteiger partial charge in [0.25, 0.3) is 0 Å². The van der Waals surface area contributed by atoms with E-state index in [1.165, 1.54) is 29.3 Å². The first-order chi connectivity index (χ1) is 12.7. The highest BCUT2D eigenvalue weighted by Crippen LogP contribution is 2.29. The van der Waals surface area contributed by atoms with Gasteiger partial charge in [-0.3, -0.25) is 4.79 Å². The summed E-state index contributed by atoms with van der Waals surface area (Å²) < 4.78 is 18.7. The van der Waals surface area contributed by atoms with Crippen LogP contribution in [-0.2, 0) is 11.2 Å². The van der Waals surface area contributed by atoms with Crippen LogP contribution in [0.2, 0.25) is 0 Å².